The van der Waals surface area contributed by atoms with Gasteiger partial charge in [0, 0.05) is 10.9 Å². The second-order valence-corrected chi connectivity index (χ2v) is 7.29. The summed E-state index contributed by atoms with van der Waals surface area (Å²) in [5.74, 6) is 0.0745. The fourth-order valence-corrected chi connectivity index (χ4v) is 3.24. The van der Waals surface area contributed by atoms with Crippen molar-refractivity contribution in [2.45, 2.75) is 46.0 Å². The first-order valence-electron chi connectivity index (χ1n) is 8.83. The van der Waals surface area contributed by atoms with Crippen molar-refractivity contribution in [2.75, 3.05) is 0 Å². The lowest BCUT2D eigenvalue weighted by molar-refractivity contribution is -0.136. The lowest BCUT2D eigenvalue weighted by atomic mass is 9.96. The van der Waals surface area contributed by atoms with E-state index in [1.165, 1.54) is 11.1 Å². The van der Waals surface area contributed by atoms with Crippen LogP contribution >= 0.6 is 0 Å². The van der Waals surface area contributed by atoms with Gasteiger partial charge in [-0.1, -0.05) is 58.0 Å². The first kappa shape index (κ1) is 17.3. The van der Waals surface area contributed by atoms with Crippen LogP contribution in [-0.4, -0.2) is 16.1 Å². The summed E-state index contributed by atoms with van der Waals surface area (Å²) < 4.78 is 0. The van der Waals surface area contributed by atoms with Gasteiger partial charge in [-0.2, -0.15) is 0 Å². The van der Waals surface area contributed by atoms with Crippen LogP contribution in [0.4, 0.5) is 0 Å². The lowest BCUT2D eigenvalue weighted by Crippen LogP contribution is -2.01. The monoisotopic (exact) mass is 335 g/mol. The van der Waals surface area contributed by atoms with E-state index in [0.717, 1.165) is 27.7 Å². The predicted octanol–water partition coefficient (Wildman–Crippen LogP) is 5.71. The van der Waals surface area contributed by atoms with E-state index in [1.54, 1.807) is 0 Å². The van der Waals surface area contributed by atoms with Crippen molar-refractivity contribution in [3.63, 3.8) is 0 Å². The highest BCUT2D eigenvalue weighted by atomic mass is 16.4. The number of carboxylic acids is 1. The molecule has 0 atom stereocenters. The van der Waals surface area contributed by atoms with Gasteiger partial charge in [-0.05, 0) is 46.2 Å². The standard InChI is InChI=1S/C22H25NO2/c1-13(2)15-5-7-16(8-6-15)22-19(12-21(24)25)18-11-17(14(3)4)9-10-20(18)23-22/h5-11,13-14,23H,12H2,1-4H3,(H,24,25). The molecular weight excluding hydrogens is 310 g/mol. The number of hydrogen-bond donors (Lipinski definition) is 2. The van der Waals surface area contributed by atoms with Crippen LogP contribution in [0.3, 0.4) is 0 Å². The van der Waals surface area contributed by atoms with Gasteiger partial charge >= 0.3 is 5.97 Å². The highest BCUT2D eigenvalue weighted by Gasteiger charge is 2.17. The zero-order valence-corrected chi connectivity index (χ0v) is 15.3. The maximum atomic E-state index is 11.4. The smallest absolute Gasteiger partial charge is 0.307 e. The van der Waals surface area contributed by atoms with Gasteiger partial charge in [0.15, 0.2) is 0 Å². The Morgan fingerprint density at radius 2 is 1.56 bits per heavy atom. The minimum absolute atomic E-state index is 0.0167. The predicted molar refractivity (Wildman–Crippen MR) is 103 cm³/mol. The van der Waals surface area contributed by atoms with E-state index in [0.29, 0.717) is 11.8 Å². The van der Waals surface area contributed by atoms with Crippen LogP contribution in [0.2, 0.25) is 0 Å². The van der Waals surface area contributed by atoms with Gasteiger partial charge in [-0.15, -0.1) is 0 Å². The fraction of sp³-hybridized carbons (Fsp3) is 0.318. The molecule has 0 saturated carbocycles. The molecule has 3 heteroatoms. The van der Waals surface area contributed by atoms with Crippen LogP contribution in [0.5, 0.6) is 0 Å². The van der Waals surface area contributed by atoms with E-state index in [9.17, 15) is 9.90 Å². The molecule has 0 aliphatic heterocycles. The quantitative estimate of drug-likeness (QED) is 0.627. The first-order valence-corrected chi connectivity index (χ1v) is 8.83. The van der Waals surface area contributed by atoms with E-state index in [4.69, 9.17) is 0 Å². The molecule has 130 valence electrons. The van der Waals surface area contributed by atoms with Crippen molar-refractivity contribution in [3.8, 4) is 11.3 Å². The second-order valence-electron chi connectivity index (χ2n) is 7.29. The van der Waals surface area contributed by atoms with E-state index in [1.807, 2.05) is 0 Å². The minimum Gasteiger partial charge on any atom is -0.481 e. The molecule has 2 N–H and O–H groups in total. The summed E-state index contributed by atoms with van der Waals surface area (Å²) in [6.07, 6.45) is 0.0167. The van der Waals surface area contributed by atoms with Gasteiger partial charge in [-0.3, -0.25) is 4.79 Å². The molecule has 1 heterocycles. The zero-order valence-electron chi connectivity index (χ0n) is 15.3. The molecular formula is C22H25NO2. The summed E-state index contributed by atoms with van der Waals surface area (Å²) in [5, 5.41) is 10.4. The largest absolute Gasteiger partial charge is 0.481 e. The molecule has 0 unspecified atom stereocenters. The van der Waals surface area contributed by atoms with E-state index < -0.39 is 5.97 Å². The molecule has 3 aromatic rings. The summed E-state index contributed by atoms with van der Waals surface area (Å²) in [7, 11) is 0. The van der Waals surface area contributed by atoms with Gasteiger partial charge in [0.05, 0.1) is 12.1 Å². The number of aliphatic carboxylic acids is 1. The van der Waals surface area contributed by atoms with Crippen LogP contribution in [0.15, 0.2) is 42.5 Å². The Morgan fingerprint density at radius 3 is 2.12 bits per heavy atom. The summed E-state index contributed by atoms with van der Waals surface area (Å²) >= 11 is 0. The van der Waals surface area contributed by atoms with Crippen LogP contribution in [-0.2, 0) is 11.2 Å². The Balaban J connectivity index is 2.17. The number of benzene rings is 2. The van der Waals surface area contributed by atoms with Gasteiger partial charge < -0.3 is 10.1 Å². The molecule has 0 saturated heterocycles. The molecule has 0 bridgehead atoms. The minimum atomic E-state index is -0.809. The molecule has 25 heavy (non-hydrogen) atoms. The molecule has 0 fully saturated rings. The SMILES string of the molecule is CC(C)c1ccc(-c2[nH]c3ccc(C(C)C)cc3c2CC(=O)O)cc1. The highest BCUT2D eigenvalue weighted by Crippen LogP contribution is 2.33. The maximum Gasteiger partial charge on any atom is 0.307 e. The average Bonchev–Trinajstić information content (AvgIpc) is 2.92. The van der Waals surface area contributed by atoms with Gasteiger partial charge in [0.25, 0.3) is 0 Å². The number of hydrogen-bond acceptors (Lipinski definition) is 1. The number of aromatic nitrogens is 1. The van der Waals surface area contributed by atoms with E-state index in [2.05, 4.69) is 75.1 Å². The molecule has 0 radical (unpaired) electrons. The maximum absolute atomic E-state index is 11.4. The normalized spacial score (nSPS) is 11.6. The second kappa shape index (κ2) is 6.75. The molecule has 3 rings (SSSR count). The summed E-state index contributed by atoms with van der Waals surface area (Å²) in [4.78, 5) is 14.9. The van der Waals surface area contributed by atoms with Gasteiger partial charge in [0.1, 0.15) is 0 Å². The number of fused-ring (bicyclic) bond motifs is 1. The zero-order chi connectivity index (χ0) is 18.1. The molecule has 0 amide bonds. The topological polar surface area (TPSA) is 53.1 Å². The third kappa shape index (κ3) is 3.46. The fourth-order valence-electron chi connectivity index (χ4n) is 3.24. The van der Waals surface area contributed by atoms with Crippen molar-refractivity contribution < 1.29 is 9.90 Å². The van der Waals surface area contributed by atoms with E-state index in [-0.39, 0.29) is 6.42 Å². The van der Waals surface area contributed by atoms with Crippen LogP contribution < -0.4 is 0 Å². The highest BCUT2D eigenvalue weighted by molar-refractivity contribution is 5.94. The molecule has 3 nitrogen and oxygen atoms in total. The summed E-state index contributed by atoms with van der Waals surface area (Å²) in [5.41, 5.74) is 6.30. The molecule has 1 aromatic heterocycles. The number of aromatic amines is 1. The number of rotatable bonds is 5. The first-order chi connectivity index (χ1) is 11.9. The van der Waals surface area contributed by atoms with Crippen LogP contribution in [0.1, 0.15) is 56.2 Å². The van der Waals surface area contributed by atoms with E-state index >= 15 is 0 Å². The third-order valence-electron chi connectivity index (χ3n) is 4.79. The van der Waals surface area contributed by atoms with Crippen molar-refractivity contribution in [2.24, 2.45) is 0 Å². The molecule has 0 aliphatic rings. The number of carbonyl (C=O) groups is 1. The number of nitrogens with one attached hydrogen (secondary N) is 1. The van der Waals surface area contributed by atoms with Crippen molar-refractivity contribution >= 4 is 16.9 Å². The summed E-state index contributed by atoms with van der Waals surface area (Å²) in [6, 6.07) is 14.7. The Hall–Kier alpha value is -2.55. The molecule has 2 aromatic carbocycles. The Kier molecular flexibility index (Phi) is 4.67. The third-order valence-corrected chi connectivity index (χ3v) is 4.79. The van der Waals surface area contributed by atoms with Gasteiger partial charge in [0.2, 0.25) is 0 Å². The molecule has 0 spiro atoms. The van der Waals surface area contributed by atoms with Crippen molar-refractivity contribution in [3.05, 3.63) is 59.2 Å². The van der Waals surface area contributed by atoms with Crippen LogP contribution in [0.25, 0.3) is 22.2 Å². The summed E-state index contributed by atoms with van der Waals surface area (Å²) in [6.45, 7) is 8.63. The lowest BCUT2D eigenvalue weighted by Gasteiger charge is -2.08. The Morgan fingerprint density at radius 1 is 0.960 bits per heavy atom. The van der Waals surface area contributed by atoms with Crippen LogP contribution in [0, 0.1) is 0 Å². The number of carboxylic acid groups (broad SMARTS) is 1. The number of H-pyrrole nitrogens is 1. The Bertz CT molecular complexity index is 902. The van der Waals surface area contributed by atoms with Crippen molar-refractivity contribution in [1.29, 1.82) is 0 Å². The molecule has 0 aliphatic carbocycles. The average molecular weight is 335 g/mol. The Labute approximate surface area is 148 Å². The van der Waals surface area contributed by atoms with Gasteiger partial charge in [-0.25, -0.2) is 0 Å². The van der Waals surface area contributed by atoms with Crippen molar-refractivity contribution in [1.82, 2.24) is 4.98 Å².